The maximum absolute atomic E-state index is 5.97. The van der Waals surface area contributed by atoms with Gasteiger partial charge < -0.3 is 5.73 Å². The summed E-state index contributed by atoms with van der Waals surface area (Å²) in [5.41, 5.74) is 12.4. The van der Waals surface area contributed by atoms with Gasteiger partial charge in [-0.1, -0.05) is 24.3 Å². The fraction of sp³-hybridized carbons (Fsp3) is 0.100. The number of hydrogen-bond acceptors (Lipinski definition) is 3. The van der Waals surface area contributed by atoms with Crippen molar-refractivity contribution in [1.29, 1.82) is 0 Å². The Labute approximate surface area is 140 Å². The van der Waals surface area contributed by atoms with Gasteiger partial charge in [-0.3, -0.25) is 9.55 Å². The highest BCUT2D eigenvalue weighted by Crippen LogP contribution is 2.25. The molecule has 0 aliphatic heterocycles. The van der Waals surface area contributed by atoms with E-state index in [2.05, 4.69) is 63.1 Å². The van der Waals surface area contributed by atoms with Gasteiger partial charge in [-0.25, -0.2) is 4.98 Å². The van der Waals surface area contributed by atoms with Crippen molar-refractivity contribution in [1.82, 2.24) is 14.5 Å². The van der Waals surface area contributed by atoms with Crippen LogP contribution in [-0.4, -0.2) is 14.5 Å². The predicted octanol–water partition coefficient (Wildman–Crippen LogP) is 4.11. The molecule has 1 atom stereocenters. The van der Waals surface area contributed by atoms with Crippen LogP contribution in [0.1, 0.15) is 18.5 Å². The van der Waals surface area contributed by atoms with Crippen LogP contribution in [0.2, 0.25) is 0 Å². The van der Waals surface area contributed by atoms with E-state index < -0.39 is 0 Å². The molecule has 4 nitrogen and oxygen atoms in total. The second-order valence-corrected chi connectivity index (χ2v) is 5.94. The SMILES string of the molecule is C[C@@H](N)c1ccc2c(c1)ncn2-c1cccc(-c2cccnc2)c1. The highest BCUT2D eigenvalue weighted by molar-refractivity contribution is 5.79. The van der Waals surface area contributed by atoms with Gasteiger partial charge in [0.15, 0.2) is 0 Å². The molecule has 2 aromatic carbocycles. The summed E-state index contributed by atoms with van der Waals surface area (Å²) in [5, 5.41) is 0. The average molecular weight is 314 g/mol. The molecule has 0 amide bonds. The van der Waals surface area contributed by atoms with Crippen LogP contribution in [0.3, 0.4) is 0 Å². The van der Waals surface area contributed by atoms with E-state index in [4.69, 9.17) is 5.73 Å². The lowest BCUT2D eigenvalue weighted by Gasteiger charge is -2.09. The molecule has 0 fully saturated rings. The first-order valence-corrected chi connectivity index (χ1v) is 7.96. The Morgan fingerprint density at radius 2 is 1.88 bits per heavy atom. The fourth-order valence-electron chi connectivity index (χ4n) is 2.89. The molecule has 4 heteroatoms. The van der Waals surface area contributed by atoms with Crippen LogP contribution in [0.25, 0.3) is 27.8 Å². The zero-order chi connectivity index (χ0) is 16.5. The molecule has 2 aromatic heterocycles. The topological polar surface area (TPSA) is 56.7 Å². The van der Waals surface area contributed by atoms with Crippen molar-refractivity contribution in [3.63, 3.8) is 0 Å². The minimum atomic E-state index is 0.00783. The molecular formula is C20H18N4. The van der Waals surface area contributed by atoms with E-state index in [9.17, 15) is 0 Å². The Morgan fingerprint density at radius 3 is 2.67 bits per heavy atom. The third-order valence-electron chi connectivity index (χ3n) is 4.22. The quantitative estimate of drug-likeness (QED) is 0.619. The molecule has 2 N–H and O–H groups in total. The van der Waals surface area contributed by atoms with Gasteiger partial charge in [-0.15, -0.1) is 0 Å². The summed E-state index contributed by atoms with van der Waals surface area (Å²) >= 11 is 0. The molecule has 0 saturated heterocycles. The number of aromatic nitrogens is 3. The minimum absolute atomic E-state index is 0.00783. The van der Waals surface area contributed by atoms with Gasteiger partial charge in [0.1, 0.15) is 6.33 Å². The number of hydrogen-bond donors (Lipinski definition) is 1. The molecule has 24 heavy (non-hydrogen) atoms. The summed E-state index contributed by atoms with van der Waals surface area (Å²) in [6.07, 6.45) is 5.52. The van der Waals surface area contributed by atoms with Gasteiger partial charge in [-0.05, 0) is 48.4 Å². The molecule has 0 bridgehead atoms. The van der Waals surface area contributed by atoms with Crippen molar-refractivity contribution in [2.24, 2.45) is 5.73 Å². The summed E-state index contributed by atoms with van der Waals surface area (Å²) in [6.45, 7) is 1.98. The zero-order valence-electron chi connectivity index (χ0n) is 13.4. The third kappa shape index (κ3) is 2.57. The smallest absolute Gasteiger partial charge is 0.100 e. The summed E-state index contributed by atoms with van der Waals surface area (Å²) in [7, 11) is 0. The van der Waals surface area contributed by atoms with Gasteiger partial charge in [0.25, 0.3) is 0 Å². The summed E-state index contributed by atoms with van der Waals surface area (Å²) in [5.74, 6) is 0. The molecule has 0 aliphatic carbocycles. The van der Waals surface area contributed by atoms with Crippen LogP contribution in [0.5, 0.6) is 0 Å². The number of rotatable bonds is 3. The van der Waals surface area contributed by atoms with Gasteiger partial charge in [0.2, 0.25) is 0 Å². The number of benzene rings is 2. The molecule has 4 rings (SSSR count). The largest absolute Gasteiger partial charge is 0.324 e. The van der Waals surface area contributed by atoms with E-state index in [1.807, 2.05) is 25.5 Å². The molecule has 0 aliphatic rings. The fourth-order valence-corrected chi connectivity index (χ4v) is 2.89. The Morgan fingerprint density at radius 1 is 1.00 bits per heavy atom. The molecule has 0 spiro atoms. The van der Waals surface area contributed by atoms with Crippen molar-refractivity contribution in [2.75, 3.05) is 0 Å². The number of fused-ring (bicyclic) bond motifs is 1. The van der Waals surface area contributed by atoms with Gasteiger partial charge in [0.05, 0.1) is 11.0 Å². The van der Waals surface area contributed by atoms with Crippen LogP contribution in [0, 0.1) is 0 Å². The van der Waals surface area contributed by atoms with E-state index in [-0.39, 0.29) is 6.04 Å². The molecule has 118 valence electrons. The average Bonchev–Trinajstić information content (AvgIpc) is 3.06. The monoisotopic (exact) mass is 314 g/mol. The Hall–Kier alpha value is -2.98. The summed E-state index contributed by atoms with van der Waals surface area (Å²) in [6, 6.07) is 18.6. The van der Waals surface area contributed by atoms with Crippen molar-refractivity contribution >= 4 is 11.0 Å². The van der Waals surface area contributed by atoms with E-state index in [0.29, 0.717) is 0 Å². The summed E-state index contributed by atoms with van der Waals surface area (Å²) in [4.78, 5) is 8.73. The standard InChI is InChI=1S/C20H18N4/c1-14(21)15-7-8-20-19(11-15)23-13-24(20)18-6-2-4-16(10-18)17-5-3-9-22-12-17/h2-14H,21H2,1H3/t14-/m1/s1. The molecule has 4 aromatic rings. The van der Waals surface area contributed by atoms with E-state index in [1.165, 1.54) is 0 Å². The lowest BCUT2D eigenvalue weighted by atomic mass is 10.1. The number of nitrogens with two attached hydrogens (primary N) is 1. The highest BCUT2D eigenvalue weighted by atomic mass is 15.0. The zero-order valence-corrected chi connectivity index (χ0v) is 13.4. The second-order valence-electron chi connectivity index (χ2n) is 5.94. The van der Waals surface area contributed by atoms with Crippen molar-refractivity contribution < 1.29 is 0 Å². The van der Waals surface area contributed by atoms with Crippen molar-refractivity contribution in [2.45, 2.75) is 13.0 Å². The molecular weight excluding hydrogens is 296 g/mol. The second kappa shape index (κ2) is 5.91. The van der Waals surface area contributed by atoms with Crippen molar-refractivity contribution in [3.05, 3.63) is 78.9 Å². The Balaban J connectivity index is 1.81. The van der Waals surface area contributed by atoms with Gasteiger partial charge >= 0.3 is 0 Å². The first-order valence-electron chi connectivity index (χ1n) is 7.96. The maximum Gasteiger partial charge on any atom is 0.100 e. The first kappa shape index (κ1) is 14.6. The van der Waals surface area contributed by atoms with Crippen LogP contribution in [-0.2, 0) is 0 Å². The lowest BCUT2D eigenvalue weighted by Crippen LogP contribution is -2.04. The van der Waals surface area contributed by atoms with Crippen LogP contribution in [0.15, 0.2) is 73.3 Å². The number of imidazole rings is 1. The van der Waals surface area contributed by atoms with E-state index in [1.54, 1.807) is 6.20 Å². The number of pyridine rings is 1. The Bertz CT molecular complexity index is 987. The molecule has 0 saturated carbocycles. The first-order chi connectivity index (χ1) is 11.7. The van der Waals surface area contributed by atoms with Crippen LogP contribution < -0.4 is 5.73 Å². The molecule has 2 heterocycles. The molecule has 0 unspecified atom stereocenters. The Kier molecular flexibility index (Phi) is 3.59. The lowest BCUT2D eigenvalue weighted by molar-refractivity contribution is 0.819. The van der Waals surface area contributed by atoms with Gasteiger partial charge in [0, 0.05) is 29.7 Å². The van der Waals surface area contributed by atoms with E-state index >= 15 is 0 Å². The van der Waals surface area contributed by atoms with Gasteiger partial charge in [-0.2, -0.15) is 0 Å². The third-order valence-corrected chi connectivity index (χ3v) is 4.22. The highest BCUT2D eigenvalue weighted by Gasteiger charge is 2.08. The minimum Gasteiger partial charge on any atom is -0.324 e. The summed E-state index contributed by atoms with van der Waals surface area (Å²) < 4.78 is 2.10. The maximum atomic E-state index is 5.97. The normalized spacial score (nSPS) is 12.4. The van der Waals surface area contributed by atoms with Crippen LogP contribution in [0.4, 0.5) is 0 Å². The van der Waals surface area contributed by atoms with Crippen molar-refractivity contribution in [3.8, 4) is 16.8 Å². The predicted molar refractivity (Wildman–Crippen MR) is 96.9 cm³/mol. The van der Waals surface area contributed by atoms with E-state index in [0.717, 1.165) is 33.4 Å². The molecule has 0 radical (unpaired) electrons. The van der Waals surface area contributed by atoms with Crippen LogP contribution >= 0.6 is 0 Å². The number of nitrogens with zero attached hydrogens (tertiary/aromatic N) is 3.